The maximum atomic E-state index is 12.8. The maximum Gasteiger partial charge on any atom is 0.416 e. The van der Waals surface area contributed by atoms with E-state index in [-0.39, 0.29) is 5.82 Å². The molecule has 0 unspecified atom stereocenters. The van der Waals surface area contributed by atoms with E-state index in [1.807, 2.05) is 6.92 Å². The van der Waals surface area contributed by atoms with Gasteiger partial charge in [0.15, 0.2) is 5.82 Å². The first kappa shape index (κ1) is 30.4. The third-order valence-electron chi connectivity index (χ3n) is 6.64. The summed E-state index contributed by atoms with van der Waals surface area (Å²) in [4.78, 5) is 16.9. The summed E-state index contributed by atoms with van der Waals surface area (Å²) in [5, 5.41) is 7.00. The summed E-state index contributed by atoms with van der Waals surface area (Å²) >= 11 is 0. The number of aromatic nitrogens is 3. The van der Waals surface area contributed by atoms with E-state index >= 15 is 0 Å². The fraction of sp³-hybridized carbons (Fsp3) is 0.464. The SMILES string of the molecule is CCCCO[C@@H]1[C@@H](OC)[C@H](C)O[C@@H](OC(=O)Nc2ccc(-n3cnc(-c4ccc(C(F)(F)F)cc4)n3)cc2)[C@@H]1OC. The molecule has 10 nitrogen and oxygen atoms in total. The van der Waals surface area contributed by atoms with E-state index < -0.39 is 48.5 Å². The zero-order chi connectivity index (χ0) is 29.6. The van der Waals surface area contributed by atoms with Crippen LogP contribution in [0.5, 0.6) is 0 Å². The number of nitrogens with one attached hydrogen (secondary N) is 1. The highest BCUT2D eigenvalue weighted by atomic mass is 19.4. The summed E-state index contributed by atoms with van der Waals surface area (Å²) in [5.74, 6) is 0.270. The average Bonchev–Trinajstić information content (AvgIpc) is 3.44. The Bertz CT molecular complexity index is 1270. The van der Waals surface area contributed by atoms with Gasteiger partial charge in [0.2, 0.25) is 6.29 Å². The molecule has 222 valence electrons. The highest BCUT2D eigenvalue weighted by molar-refractivity contribution is 5.84. The number of rotatable bonds is 10. The van der Waals surface area contributed by atoms with Crippen LogP contribution in [0.4, 0.5) is 23.7 Å². The van der Waals surface area contributed by atoms with Crippen LogP contribution < -0.4 is 5.32 Å². The van der Waals surface area contributed by atoms with Gasteiger partial charge in [-0.3, -0.25) is 5.32 Å². The molecule has 1 fully saturated rings. The van der Waals surface area contributed by atoms with Gasteiger partial charge in [-0.05, 0) is 49.7 Å². The van der Waals surface area contributed by atoms with Crippen LogP contribution >= 0.6 is 0 Å². The molecule has 5 atom stereocenters. The van der Waals surface area contributed by atoms with Crippen LogP contribution in [-0.2, 0) is 29.9 Å². The minimum absolute atomic E-state index is 0.270. The Hall–Kier alpha value is -3.52. The van der Waals surface area contributed by atoms with E-state index in [9.17, 15) is 18.0 Å². The van der Waals surface area contributed by atoms with Crippen LogP contribution in [0.3, 0.4) is 0 Å². The van der Waals surface area contributed by atoms with Gasteiger partial charge in [-0.2, -0.15) is 13.2 Å². The summed E-state index contributed by atoms with van der Waals surface area (Å²) in [5.41, 5.74) is 0.770. The number of methoxy groups -OCH3 is 2. The van der Waals surface area contributed by atoms with Crippen molar-refractivity contribution in [1.82, 2.24) is 14.8 Å². The lowest BCUT2D eigenvalue weighted by molar-refractivity contribution is -0.292. The first-order chi connectivity index (χ1) is 19.6. The van der Waals surface area contributed by atoms with Crippen LogP contribution in [-0.4, -0.2) is 72.4 Å². The van der Waals surface area contributed by atoms with Crippen LogP contribution in [0.25, 0.3) is 17.1 Å². The number of benzene rings is 2. The van der Waals surface area contributed by atoms with Crippen molar-refractivity contribution in [2.45, 2.75) is 63.6 Å². The Morgan fingerprint density at radius 1 is 1.02 bits per heavy atom. The molecule has 0 spiro atoms. The molecule has 0 aliphatic carbocycles. The molecule has 2 heterocycles. The van der Waals surface area contributed by atoms with Crippen LogP contribution in [0.15, 0.2) is 54.9 Å². The van der Waals surface area contributed by atoms with Gasteiger partial charge in [0.25, 0.3) is 0 Å². The molecule has 0 bridgehead atoms. The number of carbonyl (C=O) groups is 1. The third-order valence-corrected chi connectivity index (χ3v) is 6.64. The van der Waals surface area contributed by atoms with E-state index in [1.165, 1.54) is 30.3 Å². The van der Waals surface area contributed by atoms with Gasteiger partial charge in [0.05, 0.1) is 17.4 Å². The van der Waals surface area contributed by atoms with E-state index in [0.717, 1.165) is 25.0 Å². The minimum atomic E-state index is -4.42. The van der Waals surface area contributed by atoms with Crippen LogP contribution in [0.2, 0.25) is 0 Å². The lowest BCUT2D eigenvalue weighted by Gasteiger charge is -2.43. The number of hydrogen-bond donors (Lipinski definition) is 1. The van der Waals surface area contributed by atoms with Crippen molar-refractivity contribution in [2.75, 3.05) is 26.1 Å². The van der Waals surface area contributed by atoms with Gasteiger partial charge in [-0.1, -0.05) is 25.5 Å². The van der Waals surface area contributed by atoms with Crippen molar-refractivity contribution in [1.29, 1.82) is 0 Å². The van der Waals surface area contributed by atoms with E-state index in [4.69, 9.17) is 23.7 Å². The Morgan fingerprint density at radius 3 is 2.32 bits per heavy atom. The molecule has 1 aliphatic rings. The van der Waals surface area contributed by atoms with E-state index in [0.29, 0.717) is 23.5 Å². The van der Waals surface area contributed by atoms with Crippen molar-refractivity contribution in [3.8, 4) is 17.1 Å². The summed E-state index contributed by atoms with van der Waals surface area (Å²) in [6, 6.07) is 11.3. The number of unbranched alkanes of at least 4 members (excludes halogenated alkanes) is 1. The fourth-order valence-electron chi connectivity index (χ4n) is 4.47. The van der Waals surface area contributed by atoms with E-state index in [2.05, 4.69) is 22.3 Å². The molecule has 1 aromatic heterocycles. The first-order valence-corrected chi connectivity index (χ1v) is 13.1. The van der Waals surface area contributed by atoms with Crippen molar-refractivity contribution in [2.24, 2.45) is 0 Å². The van der Waals surface area contributed by atoms with Crippen molar-refractivity contribution in [3.63, 3.8) is 0 Å². The zero-order valence-corrected chi connectivity index (χ0v) is 23.1. The zero-order valence-electron chi connectivity index (χ0n) is 23.1. The molecule has 1 aliphatic heterocycles. The molecule has 1 N–H and O–H groups in total. The van der Waals surface area contributed by atoms with Crippen molar-refractivity contribution < 1.29 is 41.7 Å². The van der Waals surface area contributed by atoms with Crippen molar-refractivity contribution in [3.05, 3.63) is 60.4 Å². The fourth-order valence-corrected chi connectivity index (χ4v) is 4.47. The van der Waals surface area contributed by atoms with Gasteiger partial charge in [0.1, 0.15) is 24.6 Å². The minimum Gasteiger partial charge on any atom is -0.416 e. The van der Waals surface area contributed by atoms with Gasteiger partial charge in [-0.25, -0.2) is 14.5 Å². The number of halogens is 3. The molecular formula is C28H33F3N4O6. The van der Waals surface area contributed by atoms with Gasteiger partial charge in [0, 0.05) is 32.1 Å². The molecule has 1 saturated heterocycles. The van der Waals surface area contributed by atoms with E-state index in [1.54, 1.807) is 31.4 Å². The number of carbonyl (C=O) groups excluding carboxylic acids is 1. The summed E-state index contributed by atoms with van der Waals surface area (Å²) in [6.07, 6.45) is -4.91. The van der Waals surface area contributed by atoms with Crippen molar-refractivity contribution >= 4 is 11.8 Å². The molecule has 0 saturated carbocycles. The molecule has 13 heteroatoms. The standard InChI is InChI=1S/C28H33F3N4O6/c1-5-6-15-39-23-22(37-3)17(2)40-26(24(23)38-4)41-27(36)33-20-11-13-21(14-12-20)35-16-32-25(34-35)18-7-9-19(10-8-18)28(29,30)31/h7-14,16-17,22-24,26H,5-6,15H2,1-4H3,(H,33,36)/t17-,22-,23+,24+,26-/m0/s1. The normalized spacial score (nSPS) is 22.9. The summed E-state index contributed by atoms with van der Waals surface area (Å²) in [6.45, 7) is 4.39. The Balaban J connectivity index is 1.38. The van der Waals surface area contributed by atoms with Gasteiger partial charge in [-0.15, -0.1) is 5.10 Å². The second-order valence-corrected chi connectivity index (χ2v) is 9.46. The average molecular weight is 579 g/mol. The Morgan fingerprint density at radius 2 is 1.71 bits per heavy atom. The number of nitrogens with zero attached hydrogens (tertiary/aromatic N) is 3. The molecule has 41 heavy (non-hydrogen) atoms. The Kier molecular flexibility index (Phi) is 9.97. The highest BCUT2D eigenvalue weighted by Crippen LogP contribution is 2.31. The summed E-state index contributed by atoms with van der Waals surface area (Å²) in [7, 11) is 3.06. The topological polar surface area (TPSA) is 106 Å². The largest absolute Gasteiger partial charge is 0.416 e. The maximum absolute atomic E-state index is 12.8. The number of ether oxygens (including phenoxy) is 5. The number of anilines is 1. The highest BCUT2D eigenvalue weighted by Gasteiger charge is 2.47. The number of amides is 1. The van der Waals surface area contributed by atoms with Crippen LogP contribution in [0.1, 0.15) is 32.3 Å². The smallest absolute Gasteiger partial charge is 0.416 e. The monoisotopic (exact) mass is 578 g/mol. The third kappa shape index (κ3) is 7.41. The number of alkyl halides is 3. The van der Waals surface area contributed by atoms with Crippen LogP contribution in [0, 0.1) is 0 Å². The predicted octanol–water partition coefficient (Wildman–Crippen LogP) is 5.46. The molecule has 2 aromatic carbocycles. The molecule has 3 aromatic rings. The Labute approximate surface area is 235 Å². The quantitative estimate of drug-likeness (QED) is 0.316. The molecular weight excluding hydrogens is 545 g/mol. The lowest BCUT2D eigenvalue weighted by atomic mass is 9.99. The first-order valence-electron chi connectivity index (χ1n) is 13.1. The lowest BCUT2D eigenvalue weighted by Crippen LogP contribution is -2.60. The second-order valence-electron chi connectivity index (χ2n) is 9.46. The number of hydrogen-bond acceptors (Lipinski definition) is 8. The van der Waals surface area contributed by atoms with Gasteiger partial charge >= 0.3 is 12.3 Å². The second kappa shape index (κ2) is 13.4. The van der Waals surface area contributed by atoms with Gasteiger partial charge < -0.3 is 23.7 Å². The predicted molar refractivity (Wildman–Crippen MR) is 142 cm³/mol. The summed E-state index contributed by atoms with van der Waals surface area (Å²) < 4.78 is 68.6. The molecule has 0 radical (unpaired) electrons. The molecule has 1 amide bonds. The molecule has 4 rings (SSSR count).